The lowest BCUT2D eigenvalue weighted by Gasteiger charge is -2.20. The third-order valence-corrected chi connectivity index (χ3v) is 18.3. The van der Waals surface area contributed by atoms with Gasteiger partial charge in [0.2, 0.25) is 5.91 Å². The number of unbranched alkanes of at least 4 members (excludes halogenated alkanes) is 55. The Morgan fingerprint density at radius 2 is 0.568 bits per heavy atom. The summed E-state index contributed by atoms with van der Waals surface area (Å²) in [6.07, 6.45) is 104. The molecule has 0 aromatic rings. The minimum Gasteiger partial charge on any atom is -0.466 e. The van der Waals surface area contributed by atoms with Gasteiger partial charge >= 0.3 is 5.97 Å². The number of aliphatic hydroxyl groups excluding tert-OH is 2. The Bertz CT molecular complexity index is 1520. The third-order valence-electron chi connectivity index (χ3n) is 18.3. The van der Waals surface area contributed by atoms with Gasteiger partial charge in [0, 0.05) is 12.8 Å². The summed E-state index contributed by atoms with van der Waals surface area (Å²) in [4.78, 5) is 24.6. The molecule has 516 valence electrons. The molecule has 2 atom stereocenters. The molecular weight excluding hydrogens is 1080 g/mol. The van der Waals surface area contributed by atoms with Gasteiger partial charge < -0.3 is 20.3 Å². The number of carbonyl (C=O) groups excluding carboxylic acids is 2. The van der Waals surface area contributed by atoms with E-state index >= 15 is 0 Å². The van der Waals surface area contributed by atoms with E-state index in [1.807, 2.05) is 6.08 Å². The fourth-order valence-corrected chi connectivity index (χ4v) is 12.2. The normalized spacial score (nSPS) is 12.8. The molecule has 0 bridgehead atoms. The van der Waals surface area contributed by atoms with Crippen molar-refractivity contribution in [3.63, 3.8) is 0 Å². The molecule has 0 rings (SSSR count). The summed E-state index contributed by atoms with van der Waals surface area (Å²) in [5.41, 5.74) is 0. The third kappa shape index (κ3) is 72.6. The summed E-state index contributed by atoms with van der Waals surface area (Å²) in [6, 6.07) is -0.625. The van der Waals surface area contributed by atoms with Crippen LogP contribution >= 0.6 is 0 Å². The number of hydrogen-bond acceptors (Lipinski definition) is 5. The number of allylic oxidation sites excluding steroid dienone is 9. The molecule has 0 spiro atoms. The molecule has 0 aromatic carbocycles. The Morgan fingerprint density at radius 3 is 0.886 bits per heavy atom. The largest absolute Gasteiger partial charge is 0.466 e. The first-order valence-electron chi connectivity index (χ1n) is 39.6. The van der Waals surface area contributed by atoms with E-state index in [4.69, 9.17) is 4.74 Å². The lowest BCUT2D eigenvalue weighted by molar-refractivity contribution is -0.143. The van der Waals surface area contributed by atoms with Crippen molar-refractivity contribution in [3.8, 4) is 0 Å². The van der Waals surface area contributed by atoms with E-state index < -0.39 is 12.1 Å². The highest BCUT2D eigenvalue weighted by Gasteiger charge is 2.18. The van der Waals surface area contributed by atoms with Crippen LogP contribution in [0.25, 0.3) is 0 Å². The molecular formula is C82H153NO5. The van der Waals surface area contributed by atoms with Gasteiger partial charge in [-0.2, -0.15) is 0 Å². The predicted octanol–water partition coefficient (Wildman–Crippen LogP) is 26.2. The topological polar surface area (TPSA) is 95.9 Å². The molecule has 0 fully saturated rings. The van der Waals surface area contributed by atoms with Crippen LogP contribution in [0, 0.1) is 0 Å². The van der Waals surface area contributed by atoms with E-state index in [2.05, 4.69) is 67.8 Å². The van der Waals surface area contributed by atoms with Gasteiger partial charge in [0.25, 0.3) is 0 Å². The number of carbonyl (C=O) groups is 2. The molecule has 0 aliphatic heterocycles. The van der Waals surface area contributed by atoms with Crippen molar-refractivity contribution in [2.45, 2.75) is 437 Å². The van der Waals surface area contributed by atoms with Crippen molar-refractivity contribution in [1.29, 1.82) is 0 Å². The Labute approximate surface area is 549 Å². The van der Waals surface area contributed by atoms with Crippen molar-refractivity contribution < 1.29 is 24.5 Å². The fraction of sp³-hybridized carbons (Fsp3) is 0.854. The number of amides is 1. The molecule has 0 radical (unpaired) electrons. The van der Waals surface area contributed by atoms with Crippen LogP contribution in [0.15, 0.2) is 60.8 Å². The van der Waals surface area contributed by atoms with Crippen LogP contribution in [0.5, 0.6) is 0 Å². The average molecular weight is 1230 g/mol. The van der Waals surface area contributed by atoms with Gasteiger partial charge in [-0.25, -0.2) is 0 Å². The van der Waals surface area contributed by atoms with Crippen LogP contribution in [-0.2, 0) is 14.3 Å². The zero-order valence-corrected chi connectivity index (χ0v) is 59.2. The number of hydrogen-bond donors (Lipinski definition) is 3. The molecule has 0 aliphatic carbocycles. The summed E-state index contributed by atoms with van der Waals surface area (Å²) in [7, 11) is 0. The maximum absolute atomic E-state index is 12.5. The van der Waals surface area contributed by atoms with Crippen LogP contribution in [0.4, 0.5) is 0 Å². The molecule has 0 aromatic heterocycles. The SMILES string of the molecule is CCCCC/C=C\C/C=C\CCCCCCCCCCCC(=O)OCCCCCCCCCCCCCCCCC/C=C\C/C=C\CCCCCCCCCCCCCCCCCCCC(=O)NC(CO)C(O)/C=C/CCCCCCCCCCCCC. The molecule has 88 heavy (non-hydrogen) atoms. The molecule has 6 heteroatoms. The Hall–Kier alpha value is -2.44. The van der Waals surface area contributed by atoms with Crippen LogP contribution < -0.4 is 5.32 Å². The van der Waals surface area contributed by atoms with E-state index in [0.717, 1.165) is 57.8 Å². The number of ether oxygens (including phenoxy) is 1. The summed E-state index contributed by atoms with van der Waals surface area (Å²) >= 11 is 0. The lowest BCUT2D eigenvalue weighted by atomic mass is 10.0. The van der Waals surface area contributed by atoms with Crippen molar-refractivity contribution >= 4 is 11.9 Å². The summed E-state index contributed by atoms with van der Waals surface area (Å²) in [6.45, 7) is 4.90. The van der Waals surface area contributed by atoms with Gasteiger partial charge in [-0.05, 0) is 96.3 Å². The molecule has 1 amide bonds. The average Bonchev–Trinajstić information content (AvgIpc) is 3.54. The summed E-state index contributed by atoms with van der Waals surface area (Å²) in [5.74, 6) is -0.0472. The van der Waals surface area contributed by atoms with Crippen molar-refractivity contribution in [2.24, 2.45) is 0 Å². The highest BCUT2D eigenvalue weighted by atomic mass is 16.5. The fourth-order valence-electron chi connectivity index (χ4n) is 12.2. The number of rotatable bonds is 74. The molecule has 0 saturated carbocycles. The molecule has 3 N–H and O–H groups in total. The van der Waals surface area contributed by atoms with Gasteiger partial charge in [-0.3, -0.25) is 9.59 Å². The predicted molar refractivity (Wildman–Crippen MR) is 389 cm³/mol. The second kappa shape index (κ2) is 77.0. The van der Waals surface area contributed by atoms with E-state index in [0.29, 0.717) is 19.4 Å². The number of nitrogens with one attached hydrogen (secondary N) is 1. The van der Waals surface area contributed by atoms with Crippen LogP contribution in [0.1, 0.15) is 425 Å². The highest BCUT2D eigenvalue weighted by molar-refractivity contribution is 5.76. The highest BCUT2D eigenvalue weighted by Crippen LogP contribution is 2.19. The van der Waals surface area contributed by atoms with Crippen molar-refractivity contribution in [3.05, 3.63) is 60.8 Å². The smallest absolute Gasteiger partial charge is 0.305 e. The summed E-state index contributed by atoms with van der Waals surface area (Å²) in [5, 5.41) is 23.1. The second-order valence-corrected chi connectivity index (χ2v) is 27.0. The van der Waals surface area contributed by atoms with E-state index in [9.17, 15) is 19.8 Å². The molecule has 0 aliphatic rings. The van der Waals surface area contributed by atoms with Crippen molar-refractivity contribution in [2.75, 3.05) is 13.2 Å². The van der Waals surface area contributed by atoms with Crippen LogP contribution in [-0.4, -0.2) is 47.4 Å². The van der Waals surface area contributed by atoms with Gasteiger partial charge in [0.1, 0.15) is 0 Å². The van der Waals surface area contributed by atoms with Gasteiger partial charge in [-0.15, -0.1) is 0 Å². The zero-order valence-electron chi connectivity index (χ0n) is 59.2. The standard InChI is InChI=1S/C82H153NO5/c1-3-5-7-9-11-13-15-17-18-19-41-45-48-52-56-60-64-68-72-76-82(87)88-77-73-69-65-61-57-53-49-46-43-40-38-36-34-32-30-28-26-24-22-20-21-23-25-27-29-31-33-35-37-39-42-44-47-51-55-59-63-67-71-75-81(86)83-79(78-84)80(85)74-70-66-62-58-54-50-16-14-12-10-8-6-4-2/h11,13,17-18,20-21,24,26,70,74,79-80,84-85H,3-10,12,14-16,19,22-23,25,27-69,71-73,75-78H2,1-2H3,(H,83,86)/b13-11-,18-17-,21-20-,26-24-,74-70+. The first kappa shape index (κ1) is 85.6. The maximum Gasteiger partial charge on any atom is 0.305 e. The van der Waals surface area contributed by atoms with Gasteiger partial charge in [0.15, 0.2) is 0 Å². The number of esters is 1. The Balaban J connectivity index is 3.35. The van der Waals surface area contributed by atoms with E-state index in [1.54, 1.807) is 6.08 Å². The van der Waals surface area contributed by atoms with Crippen molar-refractivity contribution in [1.82, 2.24) is 5.32 Å². The Kier molecular flexibility index (Phi) is 74.9. The first-order chi connectivity index (χ1) is 43.5. The zero-order chi connectivity index (χ0) is 63.5. The van der Waals surface area contributed by atoms with E-state index in [-0.39, 0.29) is 18.5 Å². The second-order valence-electron chi connectivity index (χ2n) is 27.0. The first-order valence-corrected chi connectivity index (χ1v) is 39.6. The number of aliphatic hydroxyl groups is 2. The van der Waals surface area contributed by atoms with Gasteiger partial charge in [-0.1, -0.05) is 376 Å². The lowest BCUT2D eigenvalue weighted by Crippen LogP contribution is -2.45. The van der Waals surface area contributed by atoms with E-state index in [1.165, 1.54) is 340 Å². The van der Waals surface area contributed by atoms with Crippen LogP contribution in [0.2, 0.25) is 0 Å². The van der Waals surface area contributed by atoms with Gasteiger partial charge in [0.05, 0.1) is 25.4 Å². The van der Waals surface area contributed by atoms with Crippen LogP contribution in [0.3, 0.4) is 0 Å². The molecule has 2 unspecified atom stereocenters. The molecule has 0 heterocycles. The summed E-state index contributed by atoms with van der Waals surface area (Å²) < 4.78 is 5.51. The minimum absolute atomic E-state index is 0.0165. The Morgan fingerprint density at radius 1 is 0.318 bits per heavy atom. The minimum atomic E-state index is -0.842. The molecule has 0 saturated heterocycles. The quantitative estimate of drug-likeness (QED) is 0.0320. The molecule has 6 nitrogen and oxygen atoms in total. The maximum atomic E-state index is 12.5. The monoisotopic (exact) mass is 1230 g/mol.